The number of aliphatic hydroxyl groups excluding tert-OH is 1. The van der Waals surface area contributed by atoms with Crippen LogP contribution in [0.2, 0.25) is 10.0 Å². The summed E-state index contributed by atoms with van der Waals surface area (Å²) >= 11 is 12.7. The van der Waals surface area contributed by atoms with Crippen LogP contribution < -0.4 is 14.8 Å². The van der Waals surface area contributed by atoms with Crippen LogP contribution >= 0.6 is 35.6 Å². The van der Waals surface area contributed by atoms with Crippen LogP contribution in [0.3, 0.4) is 0 Å². The fourth-order valence-corrected chi connectivity index (χ4v) is 3.52. The summed E-state index contributed by atoms with van der Waals surface area (Å²) in [7, 11) is 0. The predicted molar refractivity (Wildman–Crippen MR) is 129 cm³/mol. The van der Waals surface area contributed by atoms with Gasteiger partial charge < -0.3 is 19.9 Å². The van der Waals surface area contributed by atoms with Gasteiger partial charge in [0.2, 0.25) is 0 Å². The number of benzene rings is 3. The van der Waals surface area contributed by atoms with Crippen LogP contribution in [-0.4, -0.2) is 18.3 Å². The highest BCUT2D eigenvalue weighted by Crippen LogP contribution is 2.37. The Bertz CT molecular complexity index is 954. The van der Waals surface area contributed by atoms with E-state index in [-0.39, 0.29) is 12.4 Å². The second kappa shape index (κ2) is 12.8. The average Bonchev–Trinajstić information content (AvgIpc) is 2.75. The van der Waals surface area contributed by atoms with Gasteiger partial charge in [0.15, 0.2) is 11.5 Å². The van der Waals surface area contributed by atoms with Gasteiger partial charge in [0.1, 0.15) is 6.61 Å². The minimum absolute atomic E-state index is 0. The van der Waals surface area contributed by atoms with Crippen molar-refractivity contribution < 1.29 is 14.6 Å². The number of hydrogen-bond acceptors (Lipinski definition) is 4. The molecule has 166 valence electrons. The zero-order chi connectivity index (χ0) is 21.3. The Morgan fingerprint density at radius 1 is 0.935 bits per heavy atom. The molecule has 0 aliphatic heterocycles. The smallest absolute Gasteiger partial charge is 0.180 e. The van der Waals surface area contributed by atoms with Gasteiger partial charge in [-0.3, -0.25) is 0 Å². The molecule has 1 atom stereocenters. The Labute approximate surface area is 199 Å². The van der Waals surface area contributed by atoms with Gasteiger partial charge in [-0.05, 0) is 36.2 Å². The zero-order valence-corrected chi connectivity index (χ0v) is 19.5. The Morgan fingerprint density at radius 2 is 1.65 bits per heavy atom. The average molecular weight is 483 g/mol. The molecule has 0 amide bonds. The fourth-order valence-electron chi connectivity index (χ4n) is 3.04. The SMILES string of the molecule is CCOc1cc(CNCC(O)c2ccccc2)cc(Cl)c1OCc1ccccc1Cl.Cl. The molecule has 0 spiro atoms. The van der Waals surface area contributed by atoms with Crippen molar-refractivity contribution in [3.05, 3.63) is 93.5 Å². The first-order valence-corrected chi connectivity index (χ1v) is 10.6. The zero-order valence-electron chi connectivity index (χ0n) is 17.2. The van der Waals surface area contributed by atoms with Crippen molar-refractivity contribution in [1.29, 1.82) is 0 Å². The molecule has 2 N–H and O–H groups in total. The van der Waals surface area contributed by atoms with Gasteiger partial charge in [-0.25, -0.2) is 0 Å². The van der Waals surface area contributed by atoms with Crippen LogP contribution in [0.4, 0.5) is 0 Å². The third-order valence-corrected chi connectivity index (χ3v) is 5.20. The molecule has 7 heteroatoms. The van der Waals surface area contributed by atoms with Crippen LogP contribution in [0.25, 0.3) is 0 Å². The van der Waals surface area contributed by atoms with Gasteiger partial charge in [0.05, 0.1) is 17.7 Å². The molecule has 0 aromatic heterocycles. The summed E-state index contributed by atoms with van der Waals surface area (Å²) in [6.45, 7) is 3.65. The van der Waals surface area contributed by atoms with Crippen molar-refractivity contribution in [3.63, 3.8) is 0 Å². The molecule has 0 fully saturated rings. The Kier molecular flexibility index (Phi) is 10.4. The molecule has 0 aliphatic carbocycles. The van der Waals surface area contributed by atoms with E-state index in [1.165, 1.54) is 0 Å². The Hall–Kier alpha value is -1.95. The van der Waals surface area contributed by atoms with Crippen molar-refractivity contribution in [2.45, 2.75) is 26.2 Å². The summed E-state index contributed by atoms with van der Waals surface area (Å²) in [5.41, 5.74) is 2.69. The minimum atomic E-state index is -0.578. The molecule has 0 aliphatic rings. The van der Waals surface area contributed by atoms with E-state index in [9.17, 15) is 5.11 Å². The number of ether oxygens (including phenoxy) is 2. The molecular weight excluding hydrogens is 457 g/mol. The lowest BCUT2D eigenvalue weighted by Gasteiger charge is -2.17. The molecule has 3 rings (SSSR count). The first-order chi connectivity index (χ1) is 14.6. The molecule has 1 unspecified atom stereocenters. The van der Waals surface area contributed by atoms with Gasteiger partial charge in [0, 0.05) is 23.7 Å². The number of nitrogens with one attached hydrogen (secondary N) is 1. The van der Waals surface area contributed by atoms with E-state index < -0.39 is 6.10 Å². The van der Waals surface area contributed by atoms with Crippen molar-refractivity contribution in [1.82, 2.24) is 5.32 Å². The minimum Gasteiger partial charge on any atom is -0.490 e. The molecule has 0 bridgehead atoms. The molecule has 0 radical (unpaired) electrons. The highest BCUT2D eigenvalue weighted by molar-refractivity contribution is 6.32. The first kappa shape index (κ1) is 25.3. The summed E-state index contributed by atoms with van der Waals surface area (Å²) in [4.78, 5) is 0. The number of rotatable bonds is 10. The first-order valence-electron chi connectivity index (χ1n) is 9.83. The van der Waals surface area contributed by atoms with Crippen LogP contribution in [0.15, 0.2) is 66.7 Å². The summed E-state index contributed by atoms with van der Waals surface area (Å²) in [5, 5.41) is 14.7. The molecule has 3 aromatic rings. The topological polar surface area (TPSA) is 50.7 Å². The molecule has 0 heterocycles. The van der Waals surface area contributed by atoms with Crippen LogP contribution in [0, 0.1) is 0 Å². The van der Waals surface area contributed by atoms with E-state index in [0.717, 1.165) is 16.7 Å². The van der Waals surface area contributed by atoms with Crippen molar-refractivity contribution in [3.8, 4) is 11.5 Å². The van der Waals surface area contributed by atoms with Gasteiger partial charge in [-0.1, -0.05) is 71.7 Å². The maximum Gasteiger partial charge on any atom is 0.180 e. The quantitative estimate of drug-likeness (QED) is 0.360. The van der Waals surface area contributed by atoms with E-state index in [4.69, 9.17) is 32.7 Å². The molecule has 0 saturated carbocycles. The number of aliphatic hydroxyl groups is 1. The van der Waals surface area contributed by atoms with Crippen molar-refractivity contribution >= 4 is 35.6 Å². The highest BCUT2D eigenvalue weighted by atomic mass is 35.5. The summed E-state index contributed by atoms with van der Waals surface area (Å²) < 4.78 is 11.7. The standard InChI is InChI=1S/C24H25Cl2NO3.ClH/c1-2-29-23-13-17(14-27-15-22(28)18-8-4-3-5-9-18)12-21(26)24(23)30-16-19-10-6-7-11-20(19)25;/h3-13,22,27-28H,2,14-16H2,1H3;1H. The monoisotopic (exact) mass is 481 g/mol. The molecule has 3 aromatic carbocycles. The van der Waals surface area contributed by atoms with E-state index in [2.05, 4.69) is 5.32 Å². The van der Waals surface area contributed by atoms with E-state index in [1.54, 1.807) is 0 Å². The lowest BCUT2D eigenvalue weighted by molar-refractivity contribution is 0.174. The van der Waals surface area contributed by atoms with Crippen LogP contribution in [-0.2, 0) is 13.2 Å². The van der Waals surface area contributed by atoms with Crippen LogP contribution in [0.1, 0.15) is 29.7 Å². The molecule has 4 nitrogen and oxygen atoms in total. The van der Waals surface area contributed by atoms with Gasteiger partial charge in [-0.15, -0.1) is 12.4 Å². The van der Waals surface area contributed by atoms with Gasteiger partial charge >= 0.3 is 0 Å². The largest absolute Gasteiger partial charge is 0.490 e. The normalized spacial score (nSPS) is 11.5. The summed E-state index contributed by atoms with van der Waals surface area (Å²) in [6, 6.07) is 20.8. The number of halogens is 3. The van der Waals surface area contributed by atoms with Crippen molar-refractivity contribution in [2.24, 2.45) is 0 Å². The summed E-state index contributed by atoms with van der Waals surface area (Å²) in [6.07, 6.45) is -0.578. The third kappa shape index (κ3) is 7.30. The molecule has 31 heavy (non-hydrogen) atoms. The Morgan fingerprint density at radius 3 is 2.35 bits per heavy atom. The van der Waals surface area contributed by atoms with E-state index in [1.807, 2.05) is 73.7 Å². The fraction of sp³-hybridized carbons (Fsp3) is 0.250. The maximum atomic E-state index is 10.3. The van der Waals surface area contributed by atoms with E-state index >= 15 is 0 Å². The van der Waals surface area contributed by atoms with Crippen molar-refractivity contribution in [2.75, 3.05) is 13.2 Å². The van der Waals surface area contributed by atoms with Gasteiger partial charge in [-0.2, -0.15) is 0 Å². The van der Waals surface area contributed by atoms with E-state index in [0.29, 0.717) is 47.8 Å². The molecule has 0 saturated heterocycles. The molecular formula is C24H26Cl3NO3. The number of hydrogen-bond donors (Lipinski definition) is 2. The van der Waals surface area contributed by atoms with Gasteiger partial charge in [0.25, 0.3) is 0 Å². The third-order valence-electron chi connectivity index (χ3n) is 4.55. The Balaban J connectivity index is 0.00000341. The second-order valence-electron chi connectivity index (χ2n) is 6.78. The maximum absolute atomic E-state index is 10.3. The highest BCUT2D eigenvalue weighted by Gasteiger charge is 2.14. The second-order valence-corrected chi connectivity index (χ2v) is 7.59. The van der Waals surface area contributed by atoms with Crippen LogP contribution in [0.5, 0.6) is 11.5 Å². The lowest BCUT2D eigenvalue weighted by Crippen LogP contribution is -2.21. The lowest BCUT2D eigenvalue weighted by atomic mass is 10.1. The summed E-state index contributed by atoms with van der Waals surface area (Å²) in [5.74, 6) is 1.07. The predicted octanol–water partition coefficient (Wildman–Crippen LogP) is 6.22.